The van der Waals surface area contributed by atoms with Crippen LogP contribution in [0.3, 0.4) is 0 Å². The predicted octanol–water partition coefficient (Wildman–Crippen LogP) is 1.55. The van der Waals surface area contributed by atoms with Crippen LogP contribution in [0.5, 0.6) is 0 Å². The maximum absolute atomic E-state index is 9.14. The first-order valence-corrected chi connectivity index (χ1v) is 6.04. The molecule has 1 aliphatic rings. The maximum Gasteiger partial charge on any atom is 0.0655 e. The summed E-state index contributed by atoms with van der Waals surface area (Å²) < 4.78 is 5.67. The molecular weight excluding hydrogens is 190 g/mol. The largest absolute Gasteiger partial charge is 0.395 e. The standard InChI is InChI=1S/C12H25NO2/c1-5-9(8-14)13-10-7-11(15-6-2)12(10,3)4/h9-11,13-14H,5-8H2,1-4H3/t9-,10?,11?/m1/s1. The Bertz CT molecular complexity index is 190. The number of hydrogen-bond donors (Lipinski definition) is 2. The van der Waals surface area contributed by atoms with Gasteiger partial charge in [0.25, 0.3) is 0 Å². The van der Waals surface area contributed by atoms with Crippen molar-refractivity contribution in [2.24, 2.45) is 5.41 Å². The first-order chi connectivity index (χ1) is 7.06. The molecular formula is C12H25NO2. The molecule has 1 fully saturated rings. The van der Waals surface area contributed by atoms with Gasteiger partial charge < -0.3 is 15.2 Å². The summed E-state index contributed by atoms with van der Waals surface area (Å²) in [5.41, 5.74) is 0.193. The molecule has 0 aromatic heterocycles. The highest BCUT2D eigenvalue weighted by atomic mass is 16.5. The number of nitrogens with one attached hydrogen (secondary N) is 1. The van der Waals surface area contributed by atoms with E-state index in [1.54, 1.807) is 0 Å². The number of aliphatic hydroxyl groups is 1. The quantitative estimate of drug-likeness (QED) is 0.706. The zero-order chi connectivity index (χ0) is 11.5. The van der Waals surface area contributed by atoms with Crippen molar-refractivity contribution in [2.45, 2.75) is 58.7 Å². The number of rotatable bonds is 6. The Morgan fingerprint density at radius 2 is 2.13 bits per heavy atom. The molecule has 0 aromatic rings. The maximum atomic E-state index is 9.14. The summed E-state index contributed by atoms with van der Waals surface area (Å²) in [7, 11) is 0. The van der Waals surface area contributed by atoms with E-state index < -0.39 is 0 Å². The Morgan fingerprint density at radius 1 is 1.47 bits per heavy atom. The van der Waals surface area contributed by atoms with E-state index in [-0.39, 0.29) is 18.1 Å². The normalized spacial score (nSPS) is 31.0. The third-order valence-corrected chi connectivity index (χ3v) is 3.70. The monoisotopic (exact) mass is 215 g/mol. The first kappa shape index (κ1) is 12.9. The Kier molecular flexibility index (Phi) is 4.56. The Labute approximate surface area is 93.2 Å². The van der Waals surface area contributed by atoms with Crippen molar-refractivity contribution >= 4 is 0 Å². The SMILES string of the molecule is CCOC1CC(N[C@H](CC)CO)C1(C)C. The molecule has 2 unspecified atom stereocenters. The van der Waals surface area contributed by atoms with Gasteiger partial charge in [-0.25, -0.2) is 0 Å². The minimum atomic E-state index is 0.193. The second kappa shape index (κ2) is 5.28. The van der Waals surface area contributed by atoms with Gasteiger partial charge in [-0.05, 0) is 19.8 Å². The Hall–Kier alpha value is -0.120. The van der Waals surface area contributed by atoms with E-state index in [1.165, 1.54) is 0 Å². The third-order valence-electron chi connectivity index (χ3n) is 3.70. The third kappa shape index (κ3) is 2.71. The highest BCUT2D eigenvalue weighted by molar-refractivity contribution is 5.03. The number of hydrogen-bond acceptors (Lipinski definition) is 3. The lowest BCUT2D eigenvalue weighted by Gasteiger charge is -2.52. The van der Waals surface area contributed by atoms with Gasteiger partial charge in [-0.15, -0.1) is 0 Å². The summed E-state index contributed by atoms with van der Waals surface area (Å²) in [6.45, 7) is 9.62. The molecule has 0 amide bonds. The molecule has 1 aliphatic carbocycles. The Morgan fingerprint density at radius 3 is 2.53 bits per heavy atom. The second-order valence-corrected chi connectivity index (χ2v) is 5.01. The van der Waals surface area contributed by atoms with Crippen LogP contribution < -0.4 is 5.32 Å². The van der Waals surface area contributed by atoms with Crippen molar-refractivity contribution in [3.05, 3.63) is 0 Å². The van der Waals surface area contributed by atoms with Gasteiger partial charge in [0.15, 0.2) is 0 Å². The van der Waals surface area contributed by atoms with Crippen molar-refractivity contribution < 1.29 is 9.84 Å². The average molecular weight is 215 g/mol. The van der Waals surface area contributed by atoms with Crippen molar-refractivity contribution in [3.8, 4) is 0 Å². The van der Waals surface area contributed by atoms with Crippen LogP contribution in [0.4, 0.5) is 0 Å². The molecule has 0 aromatic carbocycles. The lowest BCUT2D eigenvalue weighted by atomic mass is 9.64. The fourth-order valence-corrected chi connectivity index (χ4v) is 2.24. The van der Waals surface area contributed by atoms with E-state index in [1.807, 2.05) is 6.92 Å². The van der Waals surface area contributed by atoms with Crippen LogP contribution in [-0.2, 0) is 4.74 Å². The lowest BCUT2D eigenvalue weighted by molar-refractivity contribution is -0.117. The number of ether oxygens (including phenoxy) is 1. The summed E-state index contributed by atoms with van der Waals surface area (Å²) >= 11 is 0. The van der Waals surface area contributed by atoms with Crippen LogP contribution in [0, 0.1) is 5.41 Å². The molecule has 1 rings (SSSR count). The summed E-state index contributed by atoms with van der Waals surface area (Å²) in [5.74, 6) is 0. The zero-order valence-corrected chi connectivity index (χ0v) is 10.4. The smallest absolute Gasteiger partial charge is 0.0655 e. The van der Waals surface area contributed by atoms with Crippen molar-refractivity contribution in [2.75, 3.05) is 13.2 Å². The Balaban J connectivity index is 2.40. The molecule has 0 saturated heterocycles. The minimum Gasteiger partial charge on any atom is -0.395 e. The summed E-state index contributed by atoms with van der Waals surface area (Å²) in [6, 6.07) is 0.711. The second-order valence-electron chi connectivity index (χ2n) is 5.01. The van der Waals surface area contributed by atoms with Crippen molar-refractivity contribution in [1.82, 2.24) is 5.32 Å². The van der Waals surface area contributed by atoms with Crippen molar-refractivity contribution in [3.63, 3.8) is 0 Å². The van der Waals surface area contributed by atoms with Crippen molar-refractivity contribution in [1.29, 1.82) is 0 Å². The number of aliphatic hydroxyl groups excluding tert-OH is 1. The van der Waals surface area contributed by atoms with Gasteiger partial charge in [-0.1, -0.05) is 20.8 Å². The minimum absolute atomic E-state index is 0.193. The molecule has 0 spiro atoms. The van der Waals surface area contributed by atoms with Gasteiger partial charge in [0.05, 0.1) is 12.7 Å². The summed E-state index contributed by atoms with van der Waals surface area (Å²) in [5, 5.41) is 12.6. The molecule has 0 heterocycles. The van der Waals surface area contributed by atoms with Gasteiger partial charge in [-0.3, -0.25) is 0 Å². The molecule has 3 nitrogen and oxygen atoms in total. The van der Waals surface area contributed by atoms with Gasteiger partial charge in [-0.2, -0.15) is 0 Å². The van der Waals surface area contributed by atoms with Gasteiger partial charge in [0.2, 0.25) is 0 Å². The van der Waals surface area contributed by atoms with E-state index in [4.69, 9.17) is 9.84 Å². The molecule has 2 N–H and O–H groups in total. The van der Waals surface area contributed by atoms with Crippen LogP contribution >= 0.6 is 0 Å². The van der Waals surface area contributed by atoms with Crippen LogP contribution in [0.2, 0.25) is 0 Å². The average Bonchev–Trinajstić information content (AvgIpc) is 2.22. The molecule has 0 bridgehead atoms. The van der Waals surface area contributed by atoms with Gasteiger partial charge >= 0.3 is 0 Å². The van der Waals surface area contributed by atoms with E-state index in [2.05, 4.69) is 26.1 Å². The molecule has 3 heteroatoms. The van der Waals surface area contributed by atoms with Crippen LogP contribution in [0.25, 0.3) is 0 Å². The fraction of sp³-hybridized carbons (Fsp3) is 1.00. The van der Waals surface area contributed by atoms with Crippen LogP contribution in [-0.4, -0.2) is 36.5 Å². The fourth-order valence-electron chi connectivity index (χ4n) is 2.24. The van der Waals surface area contributed by atoms with Crippen LogP contribution in [0.15, 0.2) is 0 Å². The van der Waals surface area contributed by atoms with E-state index >= 15 is 0 Å². The van der Waals surface area contributed by atoms with Gasteiger partial charge in [0, 0.05) is 24.1 Å². The van der Waals surface area contributed by atoms with Crippen LogP contribution in [0.1, 0.15) is 40.5 Å². The highest BCUT2D eigenvalue weighted by Gasteiger charge is 2.49. The molecule has 0 radical (unpaired) electrons. The topological polar surface area (TPSA) is 41.5 Å². The molecule has 0 aliphatic heterocycles. The van der Waals surface area contributed by atoms with E-state index in [9.17, 15) is 0 Å². The molecule has 90 valence electrons. The highest BCUT2D eigenvalue weighted by Crippen LogP contribution is 2.42. The van der Waals surface area contributed by atoms with E-state index in [0.29, 0.717) is 12.1 Å². The lowest BCUT2D eigenvalue weighted by Crippen LogP contribution is -2.63. The molecule has 3 atom stereocenters. The van der Waals surface area contributed by atoms with Gasteiger partial charge in [0.1, 0.15) is 0 Å². The summed E-state index contributed by atoms with van der Waals surface area (Å²) in [6.07, 6.45) is 2.41. The molecule has 15 heavy (non-hydrogen) atoms. The predicted molar refractivity (Wildman–Crippen MR) is 61.9 cm³/mol. The summed E-state index contributed by atoms with van der Waals surface area (Å²) in [4.78, 5) is 0. The van der Waals surface area contributed by atoms with E-state index in [0.717, 1.165) is 19.4 Å². The molecule has 1 saturated carbocycles. The zero-order valence-electron chi connectivity index (χ0n) is 10.4. The first-order valence-electron chi connectivity index (χ1n) is 6.04.